The molecule has 112 valence electrons. The number of nitrogens with zero attached hydrogens (tertiary/aromatic N) is 2. The van der Waals surface area contributed by atoms with E-state index in [1.54, 1.807) is 0 Å². The van der Waals surface area contributed by atoms with Gasteiger partial charge in [0.2, 0.25) is 0 Å². The number of hydrogen-bond donors (Lipinski definition) is 1. The number of aromatic nitrogens is 1. The lowest BCUT2D eigenvalue weighted by Gasteiger charge is -2.24. The SMILES string of the molecule is CC(C)NCc1ccc(N2CCCC(C)(C)CC2)nc1. The first kappa shape index (κ1) is 15.3. The summed E-state index contributed by atoms with van der Waals surface area (Å²) < 4.78 is 0. The molecule has 1 aliphatic rings. The third kappa shape index (κ3) is 4.48. The number of anilines is 1. The zero-order valence-corrected chi connectivity index (χ0v) is 13.4. The molecule has 1 saturated heterocycles. The Labute approximate surface area is 123 Å². The van der Waals surface area contributed by atoms with E-state index >= 15 is 0 Å². The standard InChI is InChI=1S/C17H29N3/c1-14(2)18-12-15-6-7-16(19-13-15)20-10-5-8-17(3,4)9-11-20/h6-7,13-14,18H,5,8-12H2,1-4H3. The molecule has 2 heterocycles. The Hall–Kier alpha value is -1.09. The van der Waals surface area contributed by atoms with E-state index < -0.39 is 0 Å². The van der Waals surface area contributed by atoms with Crippen LogP contribution in [0.25, 0.3) is 0 Å². The predicted molar refractivity (Wildman–Crippen MR) is 86.1 cm³/mol. The van der Waals surface area contributed by atoms with Gasteiger partial charge in [-0.2, -0.15) is 0 Å². The van der Waals surface area contributed by atoms with Crippen LogP contribution < -0.4 is 10.2 Å². The van der Waals surface area contributed by atoms with E-state index in [0.29, 0.717) is 11.5 Å². The fourth-order valence-electron chi connectivity index (χ4n) is 2.68. The van der Waals surface area contributed by atoms with Crippen LogP contribution >= 0.6 is 0 Å². The third-order valence-corrected chi connectivity index (χ3v) is 4.19. The molecule has 0 amide bonds. The highest BCUT2D eigenvalue weighted by Crippen LogP contribution is 2.31. The van der Waals surface area contributed by atoms with Crippen LogP contribution in [-0.4, -0.2) is 24.1 Å². The van der Waals surface area contributed by atoms with Crippen molar-refractivity contribution < 1.29 is 0 Å². The minimum Gasteiger partial charge on any atom is -0.357 e. The van der Waals surface area contributed by atoms with Crippen LogP contribution in [0.3, 0.4) is 0 Å². The lowest BCUT2D eigenvalue weighted by Crippen LogP contribution is -2.26. The fourth-order valence-corrected chi connectivity index (χ4v) is 2.68. The Morgan fingerprint density at radius 3 is 2.70 bits per heavy atom. The van der Waals surface area contributed by atoms with Gasteiger partial charge < -0.3 is 10.2 Å². The second-order valence-electron chi connectivity index (χ2n) is 7.07. The summed E-state index contributed by atoms with van der Waals surface area (Å²) >= 11 is 0. The van der Waals surface area contributed by atoms with Crippen LogP contribution in [0.15, 0.2) is 18.3 Å². The van der Waals surface area contributed by atoms with Crippen molar-refractivity contribution >= 4 is 5.82 Å². The lowest BCUT2D eigenvalue weighted by molar-refractivity contribution is 0.325. The molecule has 2 rings (SSSR count). The Bertz CT molecular complexity index is 409. The smallest absolute Gasteiger partial charge is 0.128 e. The first-order valence-electron chi connectivity index (χ1n) is 7.89. The van der Waals surface area contributed by atoms with E-state index in [4.69, 9.17) is 0 Å². The summed E-state index contributed by atoms with van der Waals surface area (Å²) in [6.07, 6.45) is 5.86. The van der Waals surface area contributed by atoms with E-state index in [9.17, 15) is 0 Å². The Morgan fingerprint density at radius 1 is 1.25 bits per heavy atom. The van der Waals surface area contributed by atoms with Crippen LogP contribution in [0.4, 0.5) is 5.82 Å². The Balaban J connectivity index is 1.95. The quantitative estimate of drug-likeness (QED) is 0.910. The van der Waals surface area contributed by atoms with E-state index in [-0.39, 0.29) is 0 Å². The lowest BCUT2D eigenvalue weighted by atomic mass is 9.85. The van der Waals surface area contributed by atoms with Gasteiger partial charge in [-0.15, -0.1) is 0 Å². The second kappa shape index (κ2) is 6.57. The molecular weight excluding hydrogens is 246 g/mol. The number of nitrogens with one attached hydrogen (secondary N) is 1. The highest BCUT2D eigenvalue weighted by Gasteiger charge is 2.23. The molecule has 3 heteroatoms. The number of pyridine rings is 1. The maximum atomic E-state index is 4.66. The van der Waals surface area contributed by atoms with Crippen molar-refractivity contribution in [2.24, 2.45) is 5.41 Å². The monoisotopic (exact) mass is 275 g/mol. The minimum atomic E-state index is 0.482. The van der Waals surface area contributed by atoms with Crippen LogP contribution in [0.1, 0.15) is 52.5 Å². The Morgan fingerprint density at radius 2 is 2.05 bits per heavy atom. The molecule has 0 aromatic carbocycles. The highest BCUT2D eigenvalue weighted by atomic mass is 15.2. The molecule has 0 unspecified atom stereocenters. The predicted octanol–water partition coefficient (Wildman–Crippen LogP) is 3.60. The van der Waals surface area contributed by atoms with Crippen molar-refractivity contribution in [2.75, 3.05) is 18.0 Å². The summed E-state index contributed by atoms with van der Waals surface area (Å²) in [5.74, 6) is 1.14. The Kier molecular flexibility index (Phi) is 5.03. The molecule has 1 N–H and O–H groups in total. The van der Waals surface area contributed by atoms with Crippen molar-refractivity contribution in [3.05, 3.63) is 23.9 Å². The van der Waals surface area contributed by atoms with E-state index in [0.717, 1.165) is 25.5 Å². The average Bonchev–Trinajstić information content (AvgIpc) is 2.58. The molecule has 0 bridgehead atoms. The summed E-state index contributed by atoms with van der Waals surface area (Å²) in [5.41, 5.74) is 1.74. The van der Waals surface area contributed by atoms with Crippen LogP contribution in [-0.2, 0) is 6.54 Å². The van der Waals surface area contributed by atoms with Gasteiger partial charge in [-0.1, -0.05) is 33.8 Å². The normalized spacial score (nSPS) is 19.1. The van der Waals surface area contributed by atoms with Gasteiger partial charge in [0.15, 0.2) is 0 Å². The molecule has 0 radical (unpaired) electrons. The zero-order valence-electron chi connectivity index (χ0n) is 13.4. The third-order valence-electron chi connectivity index (χ3n) is 4.19. The maximum Gasteiger partial charge on any atom is 0.128 e. The van der Waals surface area contributed by atoms with Gasteiger partial charge in [0.1, 0.15) is 5.82 Å². The molecule has 1 aliphatic heterocycles. The van der Waals surface area contributed by atoms with Gasteiger partial charge in [-0.05, 0) is 36.3 Å². The van der Waals surface area contributed by atoms with Gasteiger partial charge >= 0.3 is 0 Å². The molecule has 3 nitrogen and oxygen atoms in total. The van der Waals surface area contributed by atoms with Crippen molar-refractivity contribution in [1.82, 2.24) is 10.3 Å². The first-order valence-corrected chi connectivity index (χ1v) is 7.89. The largest absolute Gasteiger partial charge is 0.357 e. The van der Waals surface area contributed by atoms with Crippen LogP contribution in [0.2, 0.25) is 0 Å². The summed E-state index contributed by atoms with van der Waals surface area (Å²) in [7, 11) is 0. The molecule has 1 aromatic heterocycles. The summed E-state index contributed by atoms with van der Waals surface area (Å²) in [6.45, 7) is 12.3. The van der Waals surface area contributed by atoms with Crippen LogP contribution in [0.5, 0.6) is 0 Å². The molecule has 20 heavy (non-hydrogen) atoms. The molecule has 0 saturated carbocycles. The summed E-state index contributed by atoms with van der Waals surface area (Å²) in [5, 5.41) is 3.43. The van der Waals surface area contributed by atoms with Crippen LogP contribution in [0, 0.1) is 5.41 Å². The first-order chi connectivity index (χ1) is 9.46. The highest BCUT2D eigenvalue weighted by molar-refractivity contribution is 5.39. The fraction of sp³-hybridized carbons (Fsp3) is 0.706. The van der Waals surface area contributed by atoms with Gasteiger partial charge in [0.05, 0.1) is 0 Å². The molecule has 0 aliphatic carbocycles. The topological polar surface area (TPSA) is 28.2 Å². The van der Waals surface area contributed by atoms with E-state index in [1.165, 1.54) is 24.8 Å². The van der Waals surface area contributed by atoms with Crippen molar-refractivity contribution in [2.45, 2.75) is 59.5 Å². The summed E-state index contributed by atoms with van der Waals surface area (Å²) in [4.78, 5) is 7.09. The van der Waals surface area contributed by atoms with Gasteiger partial charge in [-0.25, -0.2) is 4.98 Å². The van der Waals surface area contributed by atoms with Crippen molar-refractivity contribution in [1.29, 1.82) is 0 Å². The van der Waals surface area contributed by atoms with Gasteiger partial charge in [-0.3, -0.25) is 0 Å². The summed E-state index contributed by atoms with van der Waals surface area (Å²) in [6, 6.07) is 4.89. The van der Waals surface area contributed by atoms with E-state index in [1.807, 2.05) is 6.20 Å². The van der Waals surface area contributed by atoms with Gasteiger partial charge in [0, 0.05) is 31.9 Å². The number of hydrogen-bond acceptors (Lipinski definition) is 3. The molecule has 0 spiro atoms. The molecule has 1 fully saturated rings. The minimum absolute atomic E-state index is 0.482. The number of rotatable bonds is 4. The second-order valence-corrected chi connectivity index (χ2v) is 7.07. The van der Waals surface area contributed by atoms with Crippen molar-refractivity contribution in [3.63, 3.8) is 0 Å². The molecule has 1 aromatic rings. The molecular formula is C17H29N3. The zero-order chi connectivity index (χ0) is 14.6. The van der Waals surface area contributed by atoms with E-state index in [2.05, 4.69) is 55.0 Å². The average molecular weight is 275 g/mol. The maximum absolute atomic E-state index is 4.66. The molecule has 0 atom stereocenters. The van der Waals surface area contributed by atoms with Gasteiger partial charge in [0.25, 0.3) is 0 Å². The van der Waals surface area contributed by atoms with Crippen molar-refractivity contribution in [3.8, 4) is 0 Å².